The van der Waals surface area contributed by atoms with Crippen LogP contribution in [0.15, 0.2) is 88.3 Å². The largest absolute Gasteiger partial charge is 0.464 e. The highest BCUT2D eigenvalue weighted by atomic mass is 35.5. The van der Waals surface area contributed by atoms with Crippen LogP contribution >= 0.6 is 11.6 Å². The highest BCUT2D eigenvalue weighted by molar-refractivity contribution is 6.31. The SMILES string of the molecule is Cc1ccccc1-n1nnnc1[C@H](c1ccccc1)N(C)Cc1coc2ccc(Cl)cc2c1=O. The van der Waals surface area contributed by atoms with Crippen molar-refractivity contribution in [1.29, 1.82) is 0 Å². The van der Waals surface area contributed by atoms with E-state index in [-0.39, 0.29) is 11.5 Å². The molecular formula is C26H22ClN5O2. The van der Waals surface area contributed by atoms with Crippen LogP contribution in [0, 0.1) is 6.92 Å². The third kappa shape index (κ3) is 4.11. The fraction of sp³-hybridized carbons (Fsp3) is 0.154. The quantitative estimate of drug-likeness (QED) is 0.348. The number of para-hydroxylation sites is 1. The second-order valence-corrected chi connectivity index (χ2v) is 8.63. The van der Waals surface area contributed by atoms with Gasteiger partial charge in [0.25, 0.3) is 0 Å². The minimum atomic E-state index is -0.315. The Morgan fingerprint density at radius 2 is 1.82 bits per heavy atom. The number of aryl methyl sites for hydroxylation is 1. The summed E-state index contributed by atoms with van der Waals surface area (Å²) in [4.78, 5) is 15.2. The van der Waals surface area contributed by atoms with Gasteiger partial charge in [0, 0.05) is 17.1 Å². The molecule has 3 aromatic carbocycles. The Balaban J connectivity index is 1.58. The van der Waals surface area contributed by atoms with Crippen LogP contribution in [0.5, 0.6) is 0 Å². The molecule has 0 radical (unpaired) electrons. The molecular weight excluding hydrogens is 450 g/mol. The minimum absolute atomic E-state index is 0.110. The standard InChI is InChI=1S/C26H22ClN5O2/c1-17-8-6-7-11-22(17)32-26(28-29-30-32)24(18-9-4-3-5-10-18)31(2)15-19-16-34-23-13-12-20(27)14-21(23)25(19)33/h3-14,16,24H,15H2,1-2H3/t24-/m0/s1. The van der Waals surface area contributed by atoms with E-state index in [9.17, 15) is 4.79 Å². The molecule has 0 unspecified atom stereocenters. The van der Waals surface area contributed by atoms with E-state index in [1.807, 2.05) is 73.5 Å². The van der Waals surface area contributed by atoms with E-state index in [4.69, 9.17) is 16.0 Å². The summed E-state index contributed by atoms with van der Waals surface area (Å²) < 4.78 is 7.49. The predicted molar refractivity (Wildman–Crippen MR) is 131 cm³/mol. The molecule has 0 fully saturated rings. The van der Waals surface area contributed by atoms with Gasteiger partial charge in [-0.05, 0) is 59.8 Å². The van der Waals surface area contributed by atoms with E-state index < -0.39 is 0 Å². The number of tetrazole rings is 1. The van der Waals surface area contributed by atoms with Crippen LogP contribution < -0.4 is 5.43 Å². The number of aromatic nitrogens is 4. The predicted octanol–water partition coefficient (Wildman–Crippen LogP) is 4.95. The lowest BCUT2D eigenvalue weighted by Gasteiger charge is -2.27. The molecule has 0 aliphatic carbocycles. The van der Waals surface area contributed by atoms with Crippen LogP contribution in [0.2, 0.25) is 5.02 Å². The van der Waals surface area contributed by atoms with Crippen LogP contribution in [-0.4, -0.2) is 32.2 Å². The molecule has 0 aliphatic rings. The van der Waals surface area contributed by atoms with E-state index in [0.717, 1.165) is 16.8 Å². The summed E-state index contributed by atoms with van der Waals surface area (Å²) in [7, 11) is 1.94. The summed E-state index contributed by atoms with van der Waals surface area (Å²) in [5.74, 6) is 0.649. The van der Waals surface area contributed by atoms with Gasteiger partial charge in [-0.3, -0.25) is 9.69 Å². The molecule has 0 N–H and O–H groups in total. The zero-order chi connectivity index (χ0) is 23.7. The zero-order valence-corrected chi connectivity index (χ0v) is 19.5. The molecule has 170 valence electrons. The van der Waals surface area contributed by atoms with E-state index in [0.29, 0.717) is 33.9 Å². The van der Waals surface area contributed by atoms with Gasteiger partial charge in [0.2, 0.25) is 0 Å². The lowest BCUT2D eigenvalue weighted by atomic mass is 10.0. The summed E-state index contributed by atoms with van der Waals surface area (Å²) in [6.45, 7) is 2.35. The summed E-state index contributed by atoms with van der Waals surface area (Å²) in [6, 6.07) is 22.7. The van der Waals surface area contributed by atoms with Gasteiger partial charge in [-0.2, -0.15) is 4.68 Å². The van der Waals surface area contributed by atoms with Crippen molar-refractivity contribution in [3.05, 3.63) is 117 Å². The van der Waals surface area contributed by atoms with Gasteiger partial charge in [-0.25, -0.2) is 0 Å². The van der Waals surface area contributed by atoms with Crippen molar-refractivity contribution in [3.8, 4) is 5.69 Å². The molecule has 0 amide bonds. The van der Waals surface area contributed by atoms with Gasteiger partial charge in [0.15, 0.2) is 11.3 Å². The zero-order valence-electron chi connectivity index (χ0n) is 18.7. The van der Waals surface area contributed by atoms with Gasteiger partial charge < -0.3 is 4.42 Å². The first kappa shape index (κ1) is 22.0. The average molecular weight is 472 g/mol. The van der Waals surface area contributed by atoms with Crippen molar-refractivity contribution in [2.24, 2.45) is 0 Å². The minimum Gasteiger partial charge on any atom is -0.464 e. The number of hydrogen-bond acceptors (Lipinski definition) is 6. The average Bonchev–Trinajstić information content (AvgIpc) is 3.31. The lowest BCUT2D eigenvalue weighted by molar-refractivity contribution is 0.256. The Morgan fingerprint density at radius 1 is 1.06 bits per heavy atom. The Morgan fingerprint density at radius 3 is 2.62 bits per heavy atom. The normalized spacial score (nSPS) is 12.4. The summed E-state index contributed by atoms with van der Waals surface area (Å²) in [6.07, 6.45) is 1.52. The molecule has 5 aromatic rings. The Hall–Kier alpha value is -3.81. The highest BCUT2D eigenvalue weighted by Crippen LogP contribution is 2.29. The van der Waals surface area contributed by atoms with Crippen molar-refractivity contribution in [1.82, 2.24) is 25.1 Å². The number of benzene rings is 3. The fourth-order valence-electron chi connectivity index (χ4n) is 4.19. The molecule has 1 atom stereocenters. The lowest BCUT2D eigenvalue weighted by Crippen LogP contribution is -2.30. The van der Waals surface area contributed by atoms with Crippen LogP contribution in [0.3, 0.4) is 0 Å². The van der Waals surface area contributed by atoms with Crippen LogP contribution in [0.1, 0.15) is 28.6 Å². The number of nitrogens with zero attached hydrogens (tertiary/aromatic N) is 5. The first-order chi connectivity index (χ1) is 16.5. The molecule has 0 saturated carbocycles. The molecule has 8 heteroatoms. The third-order valence-corrected chi connectivity index (χ3v) is 6.10. The number of fused-ring (bicyclic) bond motifs is 1. The highest BCUT2D eigenvalue weighted by Gasteiger charge is 2.27. The van der Waals surface area contributed by atoms with E-state index in [1.165, 1.54) is 6.26 Å². The topological polar surface area (TPSA) is 77.1 Å². The fourth-order valence-corrected chi connectivity index (χ4v) is 4.36. The molecule has 34 heavy (non-hydrogen) atoms. The number of hydrogen-bond donors (Lipinski definition) is 0. The van der Waals surface area contributed by atoms with E-state index >= 15 is 0 Å². The van der Waals surface area contributed by atoms with Gasteiger partial charge in [-0.1, -0.05) is 60.1 Å². The summed E-state index contributed by atoms with van der Waals surface area (Å²) >= 11 is 6.12. The van der Waals surface area contributed by atoms with Gasteiger partial charge in [-0.15, -0.1) is 5.10 Å². The second kappa shape index (κ2) is 9.21. The smallest absolute Gasteiger partial charge is 0.197 e. The van der Waals surface area contributed by atoms with E-state index in [2.05, 4.69) is 15.5 Å². The second-order valence-electron chi connectivity index (χ2n) is 8.19. The van der Waals surface area contributed by atoms with Gasteiger partial charge in [0.05, 0.1) is 23.4 Å². The number of halogens is 1. The summed E-state index contributed by atoms with van der Waals surface area (Å²) in [5.41, 5.74) is 3.87. The first-order valence-corrected chi connectivity index (χ1v) is 11.2. The molecule has 0 saturated heterocycles. The summed E-state index contributed by atoms with van der Waals surface area (Å²) in [5, 5.41) is 13.6. The molecule has 0 bridgehead atoms. The van der Waals surface area contributed by atoms with Crippen LogP contribution in [-0.2, 0) is 6.54 Å². The molecule has 2 heterocycles. The van der Waals surface area contributed by atoms with Crippen molar-refractivity contribution in [2.45, 2.75) is 19.5 Å². The van der Waals surface area contributed by atoms with Crippen molar-refractivity contribution < 1.29 is 4.42 Å². The van der Waals surface area contributed by atoms with Crippen LogP contribution in [0.25, 0.3) is 16.7 Å². The third-order valence-electron chi connectivity index (χ3n) is 5.86. The maximum atomic E-state index is 13.2. The van der Waals surface area contributed by atoms with Crippen molar-refractivity contribution >= 4 is 22.6 Å². The van der Waals surface area contributed by atoms with Gasteiger partial charge in [0.1, 0.15) is 5.58 Å². The monoisotopic (exact) mass is 471 g/mol. The maximum absolute atomic E-state index is 13.2. The van der Waals surface area contributed by atoms with Crippen molar-refractivity contribution in [3.63, 3.8) is 0 Å². The van der Waals surface area contributed by atoms with E-state index in [1.54, 1.807) is 22.9 Å². The molecule has 0 aliphatic heterocycles. The van der Waals surface area contributed by atoms with Crippen LogP contribution in [0.4, 0.5) is 0 Å². The molecule has 5 rings (SSSR count). The molecule has 0 spiro atoms. The first-order valence-electron chi connectivity index (χ1n) is 10.8. The Kier molecular flexibility index (Phi) is 5.96. The van der Waals surface area contributed by atoms with Gasteiger partial charge >= 0.3 is 0 Å². The molecule has 7 nitrogen and oxygen atoms in total. The Bertz CT molecular complexity index is 1510. The Labute approximate surface area is 201 Å². The van der Waals surface area contributed by atoms with Crippen molar-refractivity contribution in [2.75, 3.05) is 7.05 Å². The maximum Gasteiger partial charge on any atom is 0.197 e. The number of rotatable bonds is 6. The molecule has 2 aromatic heterocycles.